The summed E-state index contributed by atoms with van der Waals surface area (Å²) < 4.78 is 6.13. The van der Waals surface area contributed by atoms with Crippen LogP contribution in [0.4, 0.5) is 0 Å². The second-order valence-corrected chi connectivity index (χ2v) is 4.70. The summed E-state index contributed by atoms with van der Waals surface area (Å²) in [4.78, 5) is 3.32. The zero-order valence-electron chi connectivity index (χ0n) is 8.99. The fourth-order valence-electron chi connectivity index (χ4n) is 2.97. The van der Waals surface area contributed by atoms with Crippen molar-refractivity contribution >= 4 is 10.9 Å². The van der Waals surface area contributed by atoms with Crippen LogP contribution in [0.1, 0.15) is 12.0 Å². The van der Waals surface area contributed by atoms with Gasteiger partial charge in [-0.25, -0.2) is 0 Å². The van der Waals surface area contributed by atoms with Gasteiger partial charge in [-0.2, -0.15) is 0 Å². The SMILES string of the molecule is c1cc2c3c(c[nH]c3c1)C[C@H]1NCC[C@@H]1O2. The molecule has 3 nitrogen and oxygen atoms in total. The quantitative estimate of drug-likeness (QED) is 0.702. The molecule has 3 heteroatoms. The number of nitrogens with one attached hydrogen (secondary N) is 2. The van der Waals surface area contributed by atoms with E-state index in [4.69, 9.17) is 4.74 Å². The van der Waals surface area contributed by atoms with Crippen LogP contribution in [-0.4, -0.2) is 23.7 Å². The molecule has 0 radical (unpaired) electrons. The van der Waals surface area contributed by atoms with E-state index in [1.54, 1.807) is 0 Å². The fourth-order valence-corrected chi connectivity index (χ4v) is 2.97. The molecule has 0 spiro atoms. The highest BCUT2D eigenvalue weighted by molar-refractivity contribution is 5.89. The van der Waals surface area contributed by atoms with E-state index in [-0.39, 0.29) is 0 Å². The van der Waals surface area contributed by atoms with E-state index in [1.807, 2.05) is 0 Å². The summed E-state index contributed by atoms with van der Waals surface area (Å²) in [5.41, 5.74) is 2.57. The summed E-state index contributed by atoms with van der Waals surface area (Å²) in [5, 5.41) is 4.80. The Morgan fingerprint density at radius 2 is 2.31 bits per heavy atom. The van der Waals surface area contributed by atoms with E-state index in [9.17, 15) is 0 Å². The number of rotatable bonds is 0. The van der Waals surface area contributed by atoms with Crippen molar-refractivity contribution in [3.05, 3.63) is 30.0 Å². The van der Waals surface area contributed by atoms with Crippen molar-refractivity contribution in [3.63, 3.8) is 0 Å². The minimum Gasteiger partial charge on any atom is -0.488 e. The number of benzene rings is 1. The number of ether oxygens (including phenoxy) is 1. The van der Waals surface area contributed by atoms with Crippen molar-refractivity contribution in [3.8, 4) is 5.75 Å². The average molecular weight is 214 g/mol. The van der Waals surface area contributed by atoms with Crippen LogP contribution in [0.15, 0.2) is 24.4 Å². The maximum atomic E-state index is 6.13. The number of H-pyrrole nitrogens is 1. The van der Waals surface area contributed by atoms with Crippen molar-refractivity contribution in [2.24, 2.45) is 0 Å². The van der Waals surface area contributed by atoms with Gasteiger partial charge in [-0.1, -0.05) is 6.07 Å². The number of hydrogen-bond donors (Lipinski definition) is 2. The summed E-state index contributed by atoms with van der Waals surface area (Å²) in [5.74, 6) is 1.05. The smallest absolute Gasteiger partial charge is 0.129 e. The molecule has 2 aliphatic heterocycles. The molecule has 16 heavy (non-hydrogen) atoms. The van der Waals surface area contributed by atoms with Gasteiger partial charge in [0.05, 0.1) is 0 Å². The molecule has 0 aliphatic carbocycles. The molecule has 0 saturated carbocycles. The molecule has 1 aromatic heterocycles. The first-order valence-corrected chi connectivity index (χ1v) is 5.91. The Morgan fingerprint density at radius 1 is 1.31 bits per heavy atom. The van der Waals surface area contributed by atoms with Gasteiger partial charge >= 0.3 is 0 Å². The highest BCUT2D eigenvalue weighted by atomic mass is 16.5. The van der Waals surface area contributed by atoms with Gasteiger partial charge in [0.25, 0.3) is 0 Å². The Labute approximate surface area is 93.8 Å². The summed E-state index contributed by atoms with van der Waals surface area (Å²) >= 11 is 0. The molecule has 2 aliphatic rings. The molecule has 2 aromatic rings. The van der Waals surface area contributed by atoms with Gasteiger partial charge in [0.15, 0.2) is 0 Å². The predicted molar refractivity (Wildman–Crippen MR) is 62.8 cm³/mol. The van der Waals surface area contributed by atoms with Gasteiger partial charge in [-0.05, 0) is 37.1 Å². The standard InChI is InChI=1S/C13H14N2O/c1-2-9-13-8(7-15-9)6-10-11(4-5-14-10)16-12(13)3-1/h1-3,7,10-11,14-15H,4-6H2/t10-,11+/m1/s1. The Balaban J connectivity index is 1.94. The molecule has 1 fully saturated rings. The van der Waals surface area contributed by atoms with Crippen LogP contribution in [0.5, 0.6) is 5.75 Å². The normalized spacial score (nSPS) is 27.5. The molecule has 0 amide bonds. The van der Waals surface area contributed by atoms with Gasteiger partial charge in [-0.3, -0.25) is 0 Å². The third-order valence-corrected chi connectivity index (χ3v) is 3.75. The first kappa shape index (κ1) is 8.65. The minimum atomic E-state index is 0.345. The highest BCUT2D eigenvalue weighted by Crippen LogP contribution is 2.35. The summed E-state index contributed by atoms with van der Waals surface area (Å²) in [6, 6.07) is 6.73. The fraction of sp³-hybridized carbons (Fsp3) is 0.385. The first-order chi connectivity index (χ1) is 7.92. The summed E-state index contributed by atoms with van der Waals surface area (Å²) in [7, 11) is 0. The van der Waals surface area contributed by atoms with Crippen LogP contribution in [0.3, 0.4) is 0 Å². The Morgan fingerprint density at radius 3 is 3.31 bits per heavy atom. The van der Waals surface area contributed by atoms with E-state index in [0.717, 1.165) is 25.1 Å². The number of hydrogen-bond acceptors (Lipinski definition) is 2. The van der Waals surface area contributed by atoms with Gasteiger partial charge < -0.3 is 15.0 Å². The summed E-state index contributed by atoms with van der Waals surface area (Å²) in [6.45, 7) is 1.07. The van der Waals surface area contributed by atoms with E-state index in [1.165, 1.54) is 16.5 Å². The van der Waals surface area contributed by atoms with Crippen molar-refractivity contribution < 1.29 is 4.74 Å². The molecule has 4 rings (SSSR count). The maximum Gasteiger partial charge on any atom is 0.129 e. The Hall–Kier alpha value is -1.48. The van der Waals surface area contributed by atoms with Crippen LogP contribution >= 0.6 is 0 Å². The molecule has 3 heterocycles. The molecule has 0 unspecified atom stereocenters. The van der Waals surface area contributed by atoms with Crippen molar-refractivity contribution in [1.82, 2.24) is 10.3 Å². The predicted octanol–water partition coefficient (Wildman–Crippen LogP) is 1.83. The second-order valence-electron chi connectivity index (χ2n) is 4.70. The molecular formula is C13H14N2O. The van der Waals surface area contributed by atoms with Gasteiger partial charge in [-0.15, -0.1) is 0 Å². The van der Waals surface area contributed by atoms with Gasteiger partial charge in [0, 0.05) is 23.1 Å². The van der Waals surface area contributed by atoms with E-state index in [2.05, 4.69) is 34.7 Å². The van der Waals surface area contributed by atoms with Crippen LogP contribution in [0.25, 0.3) is 10.9 Å². The van der Waals surface area contributed by atoms with Gasteiger partial charge in [0.2, 0.25) is 0 Å². The molecule has 0 bridgehead atoms. The van der Waals surface area contributed by atoms with Crippen molar-refractivity contribution in [2.75, 3.05) is 6.54 Å². The zero-order valence-corrected chi connectivity index (χ0v) is 8.99. The topological polar surface area (TPSA) is 37.0 Å². The minimum absolute atomic E-state index is 0.345. The van der Waals surface area contributed by atoms with Crippen LogP contribution in [0, 0.1) is 0 Å². The number of aromatic amines is 1. The molecule has 1 saturated heterocycles. The highest BCUT2D eigenvalue weighted by Gasteiger charge is 2.32. The first-order valence-electron chi connectivity index (χ1n) is 5.91. The largest absolute Gasteiger partial charge is 0.488 e. The summed E-state index contributed by atoms with van der Waals surface area (Å²) in [6.07, 6.45) is 4.66. The van der Waals surface area contributed by atoms with Gasteiger partial charge in [0.1, 0.15) is 11.9 Å². The zero-order chi connectivity index (χ0) is 10.5. The molecule has 1 aromatic carbocycles. The van der Waals surface area contributed by atoms with Crippen LogP contribution in [0.2, 0.25) is 0 Å². The van der Waals surface area contributed by atoms with E-state index in [0.29, 0.717) is 12.1 Å². The Bertz CT molecular complexity index is 546. The molecular weight excluding hydrogens is 200 g/mol. The molecule has 2 atom stereocenters. The Kier molecular flexibility index (Phi) is 1.63. The lowest BCUT2D eigenvalue weighted by Gasteiger charge is -2.17. The van der Waals surface area contributed by atoms with Crippen molar-refractivity contribution in [1.29, 1.82) is 0 Å². The third kappa shape index (κ3) is 1.06. The monoisotopic (exact) mass is 214 g/mol. The lowest BCUT2D eigenvalue weighted by atomic mass is 10.0. The third-order valence-electron chi connectivity index (χ3n) is 3.75. The average Bonchev–Trinajstić information content (AvgIpc) is 2.85. The maximum absolute atomic E-state index is 6.13. The van der Waals surface area contributed by atoms with Crippen molar-refractivity contribution in [2.45, 2.75) is 25.0 Å². The second kappa shape index (κ2) is 3.01. The van der Waals surface area contributed by atoms with E-state index >= 15 is 0 Å². The number of fused-ring (bicyclic) bond motifs is 1. The van der Waals surface area contributed by atoms with Crippen LogP contribution in [-0.2, 0) is 6.42 Å². The molecule has 82 valence electrons. The van der Waals surface area contributed by atoms with E-state index < -0.39 is 0 Å². The lowest BCUT2D eigenvalue weighted by Crippen LogP contribution is -2.34. The molecule has 2 N–H and O–H groups in total. The van der Waals surface area contributed by atoms with Crippen LogP contribution < -0.4 is 10.1 Å². The number of aromatic nitrogens is 1. The lowest BCUT2D eigenvalue weighted by molar-refractivity contribution is 0.191.